The molecule has 5 nitrogen and oxygen atoms in total. The van der Waals surface area contributed by atoms with E-state index in [4.69, 9.17) is 10.6 Å². The van der Waals surface area contributed by atoms with Gasteiger partial charge in [-0.15, -0.1) is 0 Å². The number of imidazole rings is 1. The normalized spacial score (nSPS) is 13.3. The van der Waals surface area contributed by atoms with Crippen LogP contribution in [-0.2, 0) is 11.3 Å². The number of fused-ring (bicyclic) bond motifs is 1. The summed E-state index contributed by atoms with van der Waals surface area (Å²) in [5.41, 5.74) is 4.90. The van der Waals surface area contributed by atoms with Crippen LogP contribution in [0.5, 0.6) is 0 Å². The van der Waals surface area contributed by atoms with Crippen molar-refractivity contribution in [2.45, 2.75) is 32.5 Å². The van der Waals surface area contributed by atoms with Gasteiger partial charge in [-0.25, -0.2) is 4.98 Å². The number of para-hydroxylation sites is 2. The van der Waals surface area contributed by atoms with Gasteiger partial charge in [0.05, 0.1) is 36.1 Å². The van der Waals surface area contributed by atoms with Gasteiger partial charge < -0.3 is 9.30 Å². The summed E-state index contributed by atoms with van der Waals surface area (Å²) in [7, 11) is 0. The standard InChI is InChI=1S/C13H20N4O/c1-10(2)18-8-11(16-14)7-17-9-15-12-5-3-4-6-13(12)17/h3-6,9-11,16H,7-8,14H2,1-2H3. The zero-order valence-corrected chi connectivity index (χ0v) is 10.8. The smallest absolute Gasteiger partial charge is 0.0958 e. The summed E-state index contributed by atoms with van der Waals surface area (Å²) in [6, 6.07) is 8.13. The number of benzene rings is 1. The molecule has 1 aromatic heterocycles. The number of nitrogens with one attached hydrogen (secondary N) is 1. The van der Waals surface area contributed by atoms with Gasteiger partial charge in [0.15, 0.2) is 0 Å². The van der Waals surface area contributed by atoms with Gasteiger partial charge in [-0.05, 0) is 26.0 Å². The Morgan fingerprint density at radius 1 is 1.39 bits per heavy atom. The molecule has 1 unspecified atom stereocenters. The van der Waals surface area contributed by atoms with Crippen molar-refractivity contribution >= 4 is 11.0 Å². The first kappa shape index (κ1) is 13.0. The Hall–Kier alpha value is -1.43. The lowest BCUT2D eigenvalue weighted by Gasteiger charge is -2.18. The first-order valence-electron chi connectivity index (χ1n) is 6.18. The largest absolute Gasteiger partial charge is 0.377 e. The Morgan fingerprint density at radius 3 is 2.89 bits per heavy atom. The summed E-state index contributed by atoms with van der Waals surface area (Å²) in [5, 5.41) is 0. The second-order valence-corrected chi connectivity index (χ2v) is 4.63. The molecule has 0 fully saturated rings. The highest BCUT2D eigenvalue weighted by atomic mass is 16.5. The van der Waals surface area contributed by atoms with Crippen molar-refractivity contribution in [1.82, 2.24) is 15.0 Å². The third-order valence-corrected chi connectivity index (χ3v) is 2.81. The fraction of sp³-hybridized carbons (Fsp3) is 0.462. The molecule has 0 radical (unpaired) electrons. The Morgan fingerprint density at radius 2 is 2.17 bits per heavy atom. The molecule has 0 saturated heterocycles. The highest BCUT2D eigenvalue weighted by molar-refractivity contribution is 5.74. The van der Waals surface area contributed by atoms with Crippen LogP contribution in [0.15, 0.2) is 30.6 Å². The Labute approximate surface area is 107 Å². The average molecular weight is 248 g/mol. The van der Waals surface area contributed by atoms with Crippen molar-refractivity contribution in [1.29, 1.82) is 0 Å². The summed E-state index contributed by atoms with van der Waals surface area (Å²) in [4.78, 5) is 4.35. The molecule has 1 aromatic carbocycles. The SMILES string of the molecule is CC(C)OCC(Cn1cnc2ccccc21)NN. The Balaban J connectivity index is 2.07. The molecule has 0 aliphatic rings. The molecule has 2 aromatic rings. The molecule has 3 N–H and O–H groups in total. The van der Waals surface area contributed by atoms with E-state index in [1.807, 2.05) is 38.4 Å². The molecule has 1 atom stereocenters. The van der Waals surface area contributed by atoms with Gasteiger partial charge >= 0.3 is 0 Å². The van der Waals surface area contributed by atoms with Crippen LogP contribution in [0.25, 0.3) is 11.0 Å². The topological polar surface area (TPSA) is 65.1 Å². The van der Waals surface area contributed by atoms with E-state index in [9.17, 15) is 0 Å². The molecule has 0 aliphatic carbocycles. The Bertz CT molecular complexity index is 494. The molecule has 5 heteroatoms. The van der Waals surface area contributed by atoms with Crippen LogP contribution in [0, 0.1) is 0 Å². The predicted molar refractivity (Wildman–Crippen MR) is 71.9 cm³/mol. The van der Waals surface area contributed by atoms with E-state index in [0.717, 1.165) is 17.6 Å². The van der Waals surface area contributed by atoms with Crippen LogP contribution in [0.1, 0.15) is 13.8 Å². The van der Waals surface area contributed by atoms with Gasteiger partial charge in [-0.2, -0.15) is 0 Å². The highest BCUT2D eigenvalue weighted by Crippen LogP contribution is 2.12. The summed E-state index contributed by atoms with van der Waals surface area (Å²) >= 11 is 0. The third-order valence-electron chi connectivity index (χ3n) is 2.81. The lowest BCUT2D eigenvalue weighted by Crippen LogP contribution is -2.42. The maximum Gasteiger partial charge on any atom is 0.0958 e. The molecule has 0 saturated carbocycles. The van der Waals surface area contributed by atoms with Gasteiger partial charge in [0.25, 0.3) is 0 Å². The van der Waals surface area contributed by atoms with Crippen molar-refractivity contribution in [2.75, 3.05) is 6.61 Å². The van der Waals surface area contributed by atoms with E-state index in [1.54, 1.807) is 0 Å². The van der Waals surface area contributed by atoms with Crippen LogP contribution in [0.3, 0.4) is 0 Å². The van der Waals surface area contributed by atoms with E-state index in [2.05, 4.69) is 21.0 Å². The fourth-order valence-corrected chi connectivity index (χ4v) is 1.86. The zero-order chi connectivity index (χ0) is 13.0. The number of hydrazine groups is 1. The minimum Gasteiger partial charge on any atom is -0.377 e. The predicted octanol–water partition coefficient (Wildman–Crippen LogP) is 1.29. The lowest BCUT2D eigenvalue weighted by molar-refractivity contribution is 0.0580. The molecule has 2 rings (SSSR count). The molecular weight excluding hydrogens is 228 g/mol. The zero-order valence-electron chi connectivity index (χ0n) is 10.8. The first-order valence-corrected chi connectivity index (χ1v) is 6.18. The van der Waals surface area contributed by atoms with Crippen LogP contribution >= 0.6 is 0 Å². The van der Waals surface area contributed by atoms with E-state index < -0.39 is 0 Å². The highest BCUT2D eigenvalue weighted by Gasteiger charge is 2.10. The summed E-state index contributed by atoms with van der Waals surface area (Å²) in [6.45, 7) is 5.35. The molecule has 0 spiro atoms. The maximum absolute atomic E-state index is 5.58. The molecule has 0 amide bonds. The molecule has 0 aliphatic heterocycles. The minimum atomic E-state index is 0.0741. The molecule has 0 bridgehead atoms. The van der Waals surface area contributed by atoms with Crippen LogP contribution < -0.4 is 11.3 Å². The second-order valence-electron chi connectivity index (χ2n) is 4.63. The molecule has 1 heterocycles. The number of rotatable bonds is 6. The van der Waals surface area contributed by atoms with Gasteiger partial charge in [0, 0.05) is 6.54 Å². The summed E-state index contributed by atoms with van der Waals surface area (Å²) in [5.74, 6) is 5.56. The number of hydrogen-bond acceptors (Lipinski definition) is 4. The van der Waals surface area contributed by atoms with Crippen molar-refractivity contribution < 1.29 is 4.74 Å². The van der Waals surface area contributed by atoms with Crippen LogP contribution in [0.2, 0.25) is 0 Å². The minimum absolute atomic E-state index is 0.0741. The second kappa shape index (κ2) is 5.95. The molecule has 18 heavy (non-hydrogen) atoms. The monoisotopic (exact) mass is 248 g/mol. The van der Waals surface area contributed by atoms with E-state index in [-0.39, 0.29) is 12.1 Å². The van der Waals surface area contributed by atoms with E-state index >= 15 is 0 Å². The molecule has 98 valence electrons. The maximum atomic E-state index is 5.58. The van der Waals surface area contributed by atoms with Crippen molar-refractivity contribution in [2.24, 2.45) is 5.84 Å². The van der Waals surface area contributed by atoms with Crippen molar-refractivity contribution in [3.63, 3.8) is 0 Å². The fourth-order valence-electron chi connectivity index (χ4n) is 1.86. The Kier molecular flexibility index (Phi) is 4.30. The third kappa shape index (κ3) is 3.07. The lowest BCUT2D eigenvalue weighted by atomic mass is 10.3. The molecular formula is C13H20N4O. The van der Waals surface area contributed by atoms with Crippen LogP contribution in [-0.4, -0.2) is 28.3 Å². The number of ether oxygens (including phenoxy) is 1. The first-order chi connectivity index (χ1) is 8.70. The van der Waals surface area contributed by atoms with Gasteiger partial charge in [0.1, 0.15) is 0 Å². The van der Waals surface area contributed by atoms with Gasteiger partial charge in [-0.1, -0.05) is 12.1 Å². The van der Waals surface area contributed by atoms with Gasteiger partial charge in [-0.3, -0.25) is 11.3 Å². The number of nitrogens with two attached hydrogens (primary N) is 1. The average Bonchev–Trinajstić information content (AvgIpc) is 2.77. The van der Waals surface area contributed by atoms with Crippen molar-refractivity contribution in [3.05, 3.63) is 30.6 Å². The quantitative estimate of drug-likeness (QED) is 0.597. The van der Waals surface area contributed by atoms with Crippen LogP contribution in [0.4, 0.5) is 0 Å². The van der Waals surface area contributed by atoms with E-state index in [0.29, 0.717) is 6.61 Å². The number of hydrogen-bond donors (Lipinski definition) is 2. The number of nitrogens with zero attached hydrogens (tertiary/aromatic N) is 2. The van der Waals surface area contributed by atoms with E-state index in [1.165, 1.54) is 0 Å². The summed E-state index contributed by atoms with van der Waals surface area (Å²) in [6.07, 6.45) is 2.05. The number of aromatic nitrogens is 2. The van der Waals surface area contributed by atoms with Crippen molar-refractivity contribution in [3.8, 4) is 0 Å². The van der Waals surface area contributed by atoms with Gasteiger partial charge in [0.2, 0.25) is 0 Å². The summed E-state index contributed by atoms with van der Waals surface area (Å²) < 4.78 is 7.67.